The molecule has 1 aromatic rings. The molecular formula is C12H14ClN. The molecule has 2 heteroatoms. The fourth-order valence-electron chi connectivity index (χ4n) is 1.27. The van der Waals surface area contributed by atoms with Gasteiger partial charge in [-0.2, -0.15) is 0 Å². The minimum Gasteiger partial charge on any atom is -0.244 e. The van der Waals surface area contributed by atoms with Gasteiger partial charge >= 0.3 is 0 Å². The third kappa shape index (κ3) is 2.46. The Morgan fingerprint density at radius 2 is 1.93 bits per heavy atom. The molecule has 0 aliphatic carbocycles. The Kier molecular flexibility index (Phi) is 4.41. The van der Waals surface area contributed by atoms with Crippen molar-refractivity contribution in [2.45, 2.75) is 20.3 Å². The summed E-state index contributed by atoms with van der Waals surface area (Å²) in [6.07, 6.45) is 4.67. The second-order valence-electron chi connectivity index (χ2n) is 2.67. The minimum atomic E-state index is 0.583. The lowest BCUT2D eigenvalue weighted by Gasteiger charge is -2.01. The second-order valence-corrected chi connectivity index (χ2v) is 3.02. The number of fused-ring (bicyclic) bond motifs is 1. The molecule has 0 radical (unpaired) electrons. The van der Waals surface area contributed by atoms with E-state index in [1.165, 1.54) is 5.56 Å². The smallest absolute Gasteiger partial charge is 0.136 e. The molecule has 1 aliphatic rings. The van der Waals surface area contributed by atoms with Crippen LogP contribution < -0.4 is 0 Å². The van der Waals surface area contributed by atoms with Gasteiger partial charge in [-0.25, -0.2) is 4.99 Å². The van der Waals surface area contributed by atoms with Crippen LogP contribution in [0.4, 0.5) is 0 Å². The van der Waals surface area contributed by atoms with Gasteiger partial charge in [0, 0.05) is 11.8 Å². The lowest BCUT2D eigenvalue weighted by Crippen LogP contribution is -1.94. The standard InChI is InChI=1S/C10H8ClN.C2H6/c11-10-9-6-2-1-4-8(9)5-3-7-12-10;1-2/h1-4,6-7H,5H2;1-2H3. The molecule has 1 aromatic carbocycles. The molecule has 0 unspecified atom stereocenters. The average Bonchev–Trinajstić information content (AvgIpc) is 2.45. The molecule has 0 saturated carbocycles. The van der Waals surface area contributed by atoms with Gasteiger partial charge in [-0.3, -0.25) is 0 Å². The first kappa shape index (κ1) is 11.0. The lowest BCUT2D eigenvalue weighted by atomic mass is 10.1. The highest BCUT2D eigenvalue weighted by molar-refractivity contribution is 6.69. The molecule has 0 saturated heterocycles. The molecule has 0 bridgehead atoms. The van der Waals surface area contributed by atoms with Crippen LogP contribution in [0.1, 0.15) is 25.0 Å². The van der Waals surface area contributed by atoms with Crippen LogP contribution in [0, 0.1) is 0 Å². The Bertz CT molecular complexity index is 353. The van der Waals surface area contributed by atoms with Crippen LogP contribution in [0.5, 0.6) is 0 Å². The fourth-order valence-corrected chi connectivity index (χ4v) is 1.51. The Morgan fingerprint density at radius 3 is 2.71 bits per heavy atom. The third-order valence-electron chi connectivity index (χ3n) is 1.87. The summed E-state index contributed by atoms with van der Waals surface area (Å²) in [4.78, 5) is 4.07. The molecule has 2 rings (SSSR count). The highest BCUT2D eigenvalue weighted by atomic mass is 35.5. The van der Waals surface area contributed by atoms with E-state index in [1.54, 1.807) is 6.20 Å². The number of halogens is 1. The largest absolute Gasteiger partial charge is 0.244 e. The first-order chi connectivity index (χ1) is 6.88. The van der Waals surface area contributed by atoms with Crippen molar-refractivity contribution in [3.63, 3.8) is 0 Å². The summed E-state index contributed by atoms with van der Waals surface area (Å²) in [5, 5.41) is 0.583. The normalized spacial score (nSPS) is 13.2. The van der Waals surface area contributed by atoms with Crippen molar-refractivity contribution in [2.24, 2.45) is 4.99 Å². The molecule has 1 heterocycles. The lowest BCUT2D eigenvalue weighted by molar-refractivity contribution is 1.26. The average molecular weight is 208 g/mol. The Labute approximate surface area is 90.1 Å². The van der Waals surface area contributed by atoms with Crippen molar-refractivity contribution in [3.8, 4) is 0 Å². The van der Waals surface area contributed by atoms with Crippen LogP contribution in [-0.4, -0.2) is 5.17 Å². The van der Waals surface area contributed by atoms with Crippen molar-refractivity contribution in [2.75, 3.05) is 0 Å². The Balaban J connectivity index is 0.000000461. The van der Waals surface area contributed by atoms with E-state index in [0.29, 0.717) is 5.17 Å². The van der Waals surface area contributed by atoms with Gasteiger partial charge in [0.15, 0.2) is 0 Å². The van der Waals surface area contributed by atoms with Crippen molar-refractivity contribution in [1.29, 1.82) is 0 Å². The molecule has 0 amide bonds. The maximum absolute atomic E-state index is 5.95. The van der Waals surface area contributed by atoms with E-state index in [0.717, 1.165) is 12.0 Å². The van der Waals surface area contributed by atoms with E-state index >= 15 is 0 Å². The molecule has 0 spiro atoms. The van der Waals surface area contributed by atoms with Crippen molar-refractivity contribution < 1.29 is 0 Å². The van der Waals surface area contributed by atoms with Crippen molar-refractivity contribution in [1.82, 2.24) is 0 Å². The van der Waals surface area contributed by atoms with E-state index in [1.807, 2.05) is 38.1 Å². The van der Waals surface area contributed by atoms with Gasteiger partial charge in [-0.05, 0) is 12.0 Å². The number of hydrogen-bond donors (Lipinski definition) is 0. The summed E-state index contributed by atoms with van der Waals surface area (Å²) in [5.41, 5.74) is 2.28. The van der Waals surface area contributed by atoms with Gasteiger partial charge in [-0.1, -0.05) is 55.8 Å². The van der Waals surface area contributed by atoms with Gasteiger partial charge in [0.1, 0.15) is 5.17 Å². The molecular weight excluding hydrogens is 194 g/mol. The van der Waals surface area contributed by atoms with Crippen LogP contribution in [0.25, 0.3) is 0 Å². The zero-order valence-corrected chi connectivity index (χ0v) is 9.25. The highest BCUT2D eigenvalue weighted by Gasteiger charge is 2.06. The minimum absolute atomic E-state index is 0.583. The second kappa shape index (κ2) is 5.61. The SMILES string of the molecule is CC.ClC1=NC=CCc2ccccc21. The van der Waals surface area contributed by atoms with Crippen molar-refractivity contribution in [3.05, 3.63) is 47.7 Å². The topological polar surface area (TPSA) is 12.4 Å². The first-order valence-electron chi connectivity index (χ1n) is 4.84. The summed E-state index contributed by atoms with van der Waals surface area (Å²) in [7, 11) is 0. The van der Waals surface area contributed by atoms with Gasteiger partial charge in [0.05, 0.1) is 0 Å². The van der Waals surface area contributed by atoms with E-state index in [4.69, 9.17) is 11.6 Å². The first-order valence-corrected chi connectivity index (χ1v) is 5.22. The third-order valence-corrected chi connectivity index (χ3v) is 2.17. The quantitative estimate of drug-likeness (QED) is 0.614. The summed E-state index contributed by atoms with van der Waals surface area (Å²) in [5.74, 6) is 0. The van der Waals surface area contributed by atoms with Gasteiger partial charge in [0.2, 0.25) is 0 Å². The number of nitrogens with zero attached hydrogens (tertiary/aromatic N) is 1. The van der Waals surface area contributed by atoms with Gasteiger partial charge in [-0.15, -0.1) is 0 Å². The maximum atomic E-state index is 5.95. The highest BCUT2D eigenvalue weighted by Crippen LogP contribution is 2.16. The van der Waals surface area contributed by atoms with E-state index < -0.39 is 0 Å². The van der Waals surface area contributed by atoms with Crippen LogP contribution in [-0.2, 0) is 6.42 Å². The van der Waals surface area contributed by atoms with Crippen LogP contribution in [0.2, 0.25) is 0 Å². The Morgan fingerprint density at radius 1 is 1.21 bits per heavy atom. The zero-order chi connectivity index (χ0) is 10.4. The van der Waals surface area contributed by atoms with E-state index in [2.05, 4.69) is 11.1 Å². The van der Waals surface area contributed by atoms with E-state index in [9.17, 15) is 0 Å². The predicted molar refractivity (Wildman–Crippen MR) is 63.0 cm³/mol. The van der Waals surface area contributed by atoms with Gasteiger partial charge in [0.25, 0.3) is 0 Å². The number of aliphatic imine (C=N–C) groups is 1. The molecule has 0 fully saturated rings. The Hall–Kier alpha value is -1.08. The van der Waals surface area contributed by atoms with Crippen LogP contribution in [0.3, 0.4) is 0 Å². The monoisotopic (exact) mass is 207 g/mol. The maximum Gasteiger partial charge on any atom is 0.136 e. The number of rotatable bonds is 0. The molecule has 0 atom stereocenters. The van der Waals surface area contributed by atoms with Crippen LogP contribution in [0.15, 0.2) is 41.5 Å². The molecule has 1 nitrogen and oxygen atoms in total. The summed E-state index contributed by atoms with van der Waals surface area (Å²) in [6.45, 7) is 4.00. The number of benzene rings is 1. The van der Waals surface area contributed by atoms with Crippen molar-refractivity contribution >= 4 is 16.8 Å². The molecule has 1 aliphatic heterocycles. The number of allylic oxidation sites excluding steroid dienone is 1. The fraction of sp³-hybridized carbons (Fsp3) is 0.250. The van der Waals surface area contributed by atoms with Gasteiger partial charge < -0.3 is 0 Å². The zero-order valence-electron chi connectivity index (χ0n) is 8.50. The van der Waals surface area contributed by atoms with Crippen LogP contribution >= 0.6 is 11.6 Å². The summed E-state index contributed by atoms with van der Waals surface area (Å²) >= 11 is 5.95. The molecule has 0 N–H and O–H groups in total. The molecule has 74 valence electrons. The molecule has 0 aromatic heterocycles. The van der Waals surface area contributed by atoms with E-state index in [-0.39, 0.29) is 0 Å². The summed E-state index contributed by atoms with van der Waals surface area (Å²) < 4.78 is 0. The molecule has 14 heavy (non-hydrogen) atoms. The number of hydrogen-bond acceptors (Lipinski definition) is 1. The summed E-state index contributed by atoms with van der Waals surface area (Å²) in [6, 6.07) is 8.06. The predicted octanol–water partition coefficient (Wildman–Crippen LogP) is 3.77.